The Labute approximate surface area is 175 Å². The van der Waals surface area contributed by atoms with E-state index in [2.05, 4.69) is 55.8 Å². The van der Waals surface area contributed by atoms with E-state index in [1.54, 1.807) is 0 Å². The summed E-state index contributed by atoms with van der Waals surface area (Å²) in [6.07, 6.45) is 4.57. The quantitative estimate of drug-likeness (QED) is 0.522. The molecule has 156 valence electrons. The van der Waals surface area contributed by atoms with Crippen molar-refractivity contribution in [2.45, 2.75) is 77.8 Å². The average molecular weight is 394 g/mol. The number of rotatable bonds is 6. The van der Waals surface area contributed by atoms with Gasteiger partial charge in [0, 0.05) is 23.5 Å². The SMILES string of the molecule is CCC(CC)NC1CCC(C)(C)c2cc(NC(=O)Nc3ccc(C)cc3)ccc21. The minimum absolute atomic E-state index is 0.104. The molecule has 3 N–H and O–H groups in total. The Morgan fingerprint density at radius 3 is 2.31 bits per heavy atom. The lowest BCUT2D eigenvalue weighted by atomic mass is 9.70. The molecule has 2 aromatic carbocycles. The van der Waals surface area contributed by atoms with Crippen LogP contribution in [0.15, 0.2) is 42.5 Å². The number of amides is 2. The summed E-state index contributed by atoms with van der Waals surface area (Å²) in [6.45, 7) is 11.1. The zero-order chi connectivity index (χ0) is 21.0. The van der Waals surface area contributed by atoms with Crippen molar-refractivity contribution in [2.24, 2.45) is 0 Å². The van der Waals surface area contributed by atoms with Gasteiger partial charge >= 0.3 is 6.03 Å². The van der Waals surface area contributed by atoms with Crippen molar-refractivity contribution in [3.8, 4) is 0 Å². The molecule has 1 aliphatic carbocycles. The Kier molecular flexibility index (Phi) is 6.63. The van der Waals surface area contributed by atoms with Crippen LogP contribution in [0.25, 0.3) is 0 Å². The van der Waals surface area contributed by atoms with E-state index in [4.69, 9.17) is 0 Å². The molecule has 3 rings (SSSR count). The van der Waals surface area contributed by atoms with Crippen LogP contribution in [-0.4, -0.2) is 12.1 Å². The van der Waals surface area contributed by atoms with E-state index < -0.39 is 0 Å². The number of carbonyl (C=O) groups is 1. The fraction of sp³-hybridized carbons (Fsp3) is 0.480. The number of fused-ring (bicyclic) bond motifs is 1. The summed E-state index contributed by atoms with van der Waals surface area (Å²) in [5, 5.41) is 9.75. The van der Waals surface area contributed by atoms with Crippen LogP contribution >= 0.6 is 0 Å². The molecule has 0 saturated heterocycles. The van der Waals surface area contributed by atoms with Crippen molar-refractivity contribution in [1.29, 1.82) is 0 Å². The molecule has 0 spiro atoms. The number of benzene rings is 2. The summed E-state index contributed by atoms with van der Waals surface area (Å²) in [4.78, 5) is 12.4. The number of nitrogens with one attached hydrogen (secondary N) is 3. The molecule has 0 aliphatic heterocycles. The molecule has 0 bridgehead atoms. The van der Waals surface area contributed by atoms with Crippen LogP contribution in [-0.2, 0) is 5.41 Å². The summed E-state index contributed by atoms with van der Waals surface area (Å²) in [5.41, 5.74) is 5.61. The van der Waals surface area contributed by atoms with Crippen molar-refractivity contribution >= 4 is 17.4 Å². The van der Waals surface area contributed by atoms with Gasteiger partial charge in [0.2, 0.25) is 0 Å². The highest BCUT2D eigenvalue weighted by atomic mass is 16.2. The van der Waals surface area contributed by atoms with Crippen LogP contribution in [0.3, 0.4) is 0 Å². The molecule has 0 aromatic heterocycles. The van der Waals surface area contributed by atoms with Gasteiger partial charge in [0.25, 0.3) is 0 Å². The van der Waals surface area contributed by atoms with E-state index >= 15 is 0 Å². The van der Waals surface area contributed by atoms with Gasteiger partial charge in [-0.3, -0.25) is 0 Å². The van der Waals surface area contributed by atoms with E-state index in [-0.39, 0.29) is 11.4 Å². The third kappa shape index (κ3) is 5.18. The van der Waals surface area contributed by atoms with Gasteiger partial charge in [-0.1, -0.05) is 51.5 Å². The first-order valence-corrected chi connectivity index (χ1v) is 10.9. The highest BCUT2D eigenvalue weighted by molar-refractivity contribution is 5.99. The van der Waals surface area contributed by atoms with Crippen molar-refractivity contribution in [1.82, 2.24) is 5.32 Å². The third-order valence-electron chi connectivity index (χ3n) is 6.21. The summed E-state index contributed by atoms with van der Waals surface area (Å²) < 4.78 is 0. The first kappa shape index (κ1) is 21.4. The second-order valence-corrected chi connectivity index (χ2v) is 8.90. The zero-order valence-corrected chi connectivity index (χ0v) is 18.4. The predicted molar refractivity (Wildman–Crippen MR) is 123 cm³/mol. The zero-order valence-electron chi connectivity index (χ0n) is 18.4. The monoisotopic (exact) mass is 393 g/mol. The molecule has 29 heavy (non-hydrogen) atoms. The highest BCUT2D eigenvalue weighted by Crippen LogP contribution is 2.43. The van der Waals surface area contributed by atoms with Gasteiger partial charge in [0.1, 0.15) is 0 Å². The van der Waals surface area contributed by atoms with E-state index in [9.17, 15) is 4.79 Å². The Bertz CT molecular complexity index is 838. The molecule has 4 nitrogen and oxygen atoms in total. The van der Waals surface area contributed by atoms with Crippen LogP contribution in [0.5, 0.6) is 0 Å². The highest BCUT2D eigenvalue weighted by Gasteiger charge is 2.33. The number of urea groups is 1. The number of anilines is 2. The number of hydrogen-bond donors (Lipinski definition) is 3. The molecule has 0 fully saturated rings. The maximum atomic E-state index is 12.4. The van der Waals surface area contributed by atoms with Crippen molar-refractivity contribution in [3.05, 3.63) is 59.2 Å². The molecular formula is C25H35N3O. The second kappa shape index (κ2) is 9.00. The minimum Gasteiger partial charge on any atom is -0.308 e. The topological polar surface area (TPSA) is 53.2 Å². The Morgan fingerprint density at radius 1 is 1.03 bits per heavy atom. The van der Waals surface area contributed by atoms with Crippen molar-refractivity contribution in [2.75, 3.05) is 10.6 Å². The first-order chi connectivity index (χ1) is 13.8. The Balaban J connectivity index is 1.77. The van der Waals surface area contributed by atoms with Crippen molar-refractivity contribution < 1.29 is 4.79 Å². The molecule has 2 aromatic rings. The van der Waals surface area contributed by atoms with E-state index in [1.807, 2.05) is 37.3 Å². The Morgan fingerprint density at radius 2 is 1.66 bits per heavy atom. The lowest BCUT2D eigenvalue weighted by molar-refractivity contribution is 0.262. The van der Waals surface area contributed by atoms with Crippen LogP contribution in [0, 0.1) is 6.92 Å². The first-order valence-electron chi connectivity index (χ1n) is 10.9. The van der Waals surface area contributed by atoms with Crippen LogP contribution < -0.4 is 16.0 Å². The predicted octanol–water partition coefficient (Wildman–Crippen LogP) is 6.53. The van der Waals surface area contributed by atoms with Crippen LogP contribution in [0.4, 0.5) is 16.2 Å². The minimum atomic E-state index is -0.214. The standard InChI is InChI=1S/C25H35N3O/c1-6-18(7-2)26-23-14-15-25(4,5)22-16-20(12-13-21(22)23)28-24(29)27-19-10-8-17(3)9-11-19/h8-13,16,18,23,26H,6-7,14-15H2,1-5H3,(H2,27,28,29). The largest absolute Gasteiger partial charge is 0.323 e. The van der Waals surface area contributed by atoms with Crippen molar-refractivity contribution in [3.63, 3.8) is 0 Å². The normalized spacial score (nSPS) is 17.7. The molecular weight excluding hydrogens is 358 g/mol. The summed E-state index contributed by atoms with van der Waals surface area (Å²) >= 11 is 0. The van der Waals surface area contributed by atoms with Gasteiger partial charge in [-0.15, -0.1) is 0 Å². The molecule has 1 aliphatic rings. The summed E-state index contributed by atoms with van der Waals surface area (Å²) in [7, 11) is 0. The van der Waals surface area contributed by atoms with E-state index in [0.717, 1.165) is 37.1 Å². The van der Waals surface area contributed by atoms with Gasteiger partial charge in [-0.2, -0.15) is 0 Å². The van der Waals surface area contributed by atoms with E-state index in [1.165, 1.54) is 16.7 Å². The maximum Gasteiger partial charge on any atom is 0.323 e. The average Bonchev–Trinajstić information content (AvgIpc) is 2.69. The smallest absolute Gasteiger partial charge is 0.308 e. The number of hydrogen-bond acceptors (Lipinski definition) is 2. The fourth-order valence-corrected chi connectivity index (χ4v) is 4.23. The van der Waals surface area contributed by atoms with Gasteiger partial charge in [-0.25, -0.2) is 4.79 Å². The Hall–Kier alpha value is -2.33. The molecule has 0 radical (unpaired) electrons. The second-order valence-electron chi connectivity index (χ2n) is 8.90. The van der Waals surface area contributed by atoms with Gasteiger partial charge < -0.3 is 16.0 Å². The molecule has 0 saturated carbocycles. The fourth-order valence-electron chi connectivity index (χ4n) is 4.23. The summed E-state index contributed by atoms with van der Waals surface area (Å²) in [6, 6.07) is 14.9. The number of aryl methyl sites for hydroxylation is 1. The lowest BCUT2D eigenvalue weighted by Crippen LogP contribution is -2.37. The van der Waals surface area contributed by atoms with Gasteiger partial charge in [-0.05, 0) is 73.4 Å². The lowest BCUT2D eigenvalue weighted by Gasteiger charge is -2.39. The van der Waals surface area contributed by atoms with Gasteiger partial charge in [0.15, 0.2) is 0 Å². The third-order valence-corrected chi connectivity index (χ3v) is 6.21. The molecule has 1 unspecified atom stereocenters. The van der Waals surface area contributed by atoms with Crippen LogP contribution in [0.2, 0.25) is 0 Å². The molecule has 0 heterocycles. The van der Waals surface area contributed by atoms with E-state index in [0.29, 0.717) is 12.1 Å². The van der Waals surface area contributed by atoms with Gasteiger partial charge in [0.05, 0.1) is 0 Å². The molecule has 2 amide bonds. The maximum absolute atomic E-state index is 12.4. The number of carbonyl (C=O) groups excluding carboxylic acids is 1. The molecule has 1 atom stereocenters. The van der Waals surface area contributed by atoms with Crippen LogP contribution in [0.1, 0.15) is 76.1 Å². The summed E-state index contributed by atoms with van der Waals surface area (Å²) in [5.74, 6) is 0. The molecule has 4 heteroatoms.